The number of fused-ring (bicyclic) bond motifs is 1. The molecule has 18 heavy (non-hydrogen) atoms. The molecule has 0 saturated carbocycles. The van der Waals surface area contributed by atoms with E-state index in [2.05, 4.69) is 22.0 Å². The second kappa shape index (κ2) is 4.43. The van der Waals surface area contributed by atoms with Gasteiger partial charge in [-0.05, 0) is 33.6 Å². The van der Waals surface area contributed by atoms with Gasteiger partial charge in [-0.25, -0.2) is 0 Å². The van der Waals surface area contributed by atoms with E-state index in [1.807, 2.05) is 43.8 Å². The number of hydrogen-bond donors (Lipinski definition) is 1. The predicted molar refractivity (Wildman–Crippen MR) is 75.9 cm³/mol. The van der Waals surface area contributed by atoms with Gasteiger partial charge in [-0.15, -0.1) is 0 Å². The van der Waals surface area contributed by atoms with Gasteiger partial charge in [-0.1, -0.05) is 19.9 Å². The van der Waals surface area contributed by atoms with Crippen LogP contribution in [0.4, 0.5) is 0 Å². The fourth-order valence-electron chi connectivity index (χ4n) is 2.25. The van der Waals surface area contributed by atoms with Crippen LogP contribution in [0.2, 0.25) is 0 Å². The quantitative estimate of drug-likeness (QED) is 0.939. The van der Waals surface area contributed by atoms with Gasteiger partial charge in [0.15, 0.2) is 0 Å². The normalized spacial score (nSPS) is 12.0. The van der Waals surface area contributed by atoms with Gasteiger partial charge in [0, 0.05) is 34.0 Å². The minimum atomic E-state index is -0.771. The van der Waals surface area contributed by atoms with Crippen LogP contribution in [0.25, 0.3) is 10.9 Å². The van der Waals surface area contributed by atoms with E-state index in [9.17, 15) is 4.79 Å². The highest BCUT2D eigenvalue weighted by Gasteiger charge is 2.24. The first-order valence-electron chi connectivity index (χ1n) is 5.78. The summed E-state index contributed by atoms with van der Waals surface area (Å²) in [5.74, 6) is -0.771. The van der Waals surface area contributed by atoms with E-state index < -0.39 is 5.97 Å². The van der Waals surface area contributed by atoms with Crippen LogP contribution in [0.1, 0.15) is 25.8 Å². The van der Waals surface area contributed by atoms with E-state index in [0.29, 0.717) is 0 Å². The molecule has 0 bridgehead atoms. The lowest BCUT2D eigenvalue weighted by Gasteiger charge is -2.23. The molecule has 0 saturated heterocycles. The van der Waals surface area contributed by atoms with Crippen LogP contribution in [-0.2, 0) is 17.3 Å². The predicted octanol–water partition coefficient (Wildman–Crippen LogP) is 3.69. The molecule has 0 radical (unpaired) electrons. The largest absolute Gasteiger partial charge is 0.481 e. The Labute approximate surface area is 115 Å². The molecular weight excluding hydrogens is 294 g/mol. The van der Waals surface area contributed by atoms with Crippen LogP contribution >= 0.6 is 15.9 Å². The maximum atomic E-state index is 10.9. The molecule has 0 unspecified atom stereocenters. The van der Waals surface area contributed by atoms with Gasteiger partial charge in [-0.2, -0.15) is 0 Å². The second-order valence-electron chi connectivity index (χ2n) is 5.27. The molecule has 1 aromatic carbocycles. The summed E-state index contributed by atoms with van der Waals surface area (Å²) in [4.78, 5) is 10.9. The molecule has 1 aromatic heterocycles. The van der Waals surface area contributed by atoms with Crippen molar-refractivity contribution < 1.29 is 9.90 Å². The molecule has 4 heteroatoms. The van der Waals surface area contributed by atoms with Gasteiger partial charge in [0.1, 0.15) is 0 Å². The van der Waals surface area contributed by atoms with E-state index in [1.165, 1.54) is 0 Å². The summed E-state index contributed by atoms with van der Waals surface area (Å²) in [6, 6.07) is 6.12. The van der Waals surface area contributed by atoms with Crippen molar-refractivity contribution in [3.63, 3.8) is 0 Å². The number of aryl methyl sites for hydroxylation is 1. The summed E-state index contributed by atoms with van der Waals surface area (Å²) in [7, 11) is 2.00. The molecule has 0 spiro atoms. The van der Waals surface area contributed by atoms with Crippen molar-refractivity contribution in [2.45, 2.75) is 25.7 Å². The standard InChI is InChI=1S/C14H16BrNO2/c1-14(2,7-13(17)18)9-4-5-12-10(6-9)11(15)8-16(12)3/h4-6,8H,7H2,1-3H3,(H,17,18). The average Bonchev–Trinajstić information content (AvgIpc) is 2.53. The third kappa shape index (κ3) is 2.29. The molecule has 0 atom stereocenters. The highest BCUT2D eigenvalue weighted by molar-refractivity contribution is 9.10. The number of aromatic nitrogens is 1. The Morgan fingerprint density at radius 3 is 2.72 bits per heavy atom. The minimum Gasteiger partial charge on any atom is -0.481 e. The monoisotopic (exact) mass is 309 g/mol. The number of rotatable bonds is 3. The molecule has 1 N–H and O–H groups in total. The Kier molecular flexibility index (Phi) is 3.23. The summed E-state index contributed by atoms with van der Waals surface area (Å²) < 4.78 is 3.08. The Balaban J connectivity index is 2.53. The Hall–Kier alpha value is -1.29. The van der Waals surface area contributed by atoms with Crippen molar-refractivity contribution in [1.82, 2.24) is 4.57 Å². The Bertz CT molecular complexity index is 614. The molecule has 0 aliphatic rings. The molecule has 0 aliphatic carbocycles. The van der Waals surface area contributed by atoms with Crippen molar-refractivity contribution in [3.05, 3.63) is 34.4 Å². The molecule has 3 nitrogen and oxygen atoms in total. The highest BCUT2D eigenvalue weighted by atomic mass is 79.9. The van der Waals surface area contributed by atoms with Gasteiger partial charge in [0.05, 0.1) is 6.42 Å². The summed E-state index contributed by atoms with van der Waals surface area (Å²) in [5, 5.41) is 10.1. The SMILES string of the molecule is Cn1cc(Br)c2cc(C(C)(C)CC(=O)O)ccc21. The zero-order valence-electron chi connectivity index (χ0n) is 10.7. The first kappa shape index (κ1) is 13.1. The van der Waals surface area contributed by atoms with Crippen molar-refractivity contribution in [2.75, 3.05) is 0 Å². The number of nitrogens with zero attached hydrogens (tertiary/aromatic N) is 1. The highest BCUT2D eigenvalue weighted by Crippen LogP contribution is 2.33. The summed E-state index contributed by atoms with van der Waals surface area (Å²) in [6.07, 6.45) is 2.14. The first-order valence-corrected chi connectivity index (χ1v) is 6.57. The first-order chi connectivity index (χ1) is 8.31. The van der Waals surface area contributed by atoms with Crippen LogP contribution in [0.5, 0.6) is 0 Å². The van der Waals surface area contributed by atoms with E-state index in [0.717, 1.165) is 20.9 Å². The zero-order valence-corrected chi connectivity index (χ0v) is 12.3. The van der Waals surface area contributed by atoms with Crippen LogP contribution < -0.4 is 0 Å². The lowest BCUT2D eigenvalue weighted by atomic mass is 9.81. The molecular formula is C14H16BrNO2. The van der Waals surface area contributed by atoms with E-state index in [1.54, 1.807) is 0 Å². The maximum absolute atomic E-state index is 10.9. The van der Waals surface area contributed by atoms with Gasteiger partial charge < -0.3 is 9.67 Å². The molecule has 96 valence electrons. The van der Waals surface area contributed by atoms with Crippen molar-refractivity contribution in [1.29, 1.82) is 0 Å². The summed E-state index contributed by atoms with van der Waals surface area (Å²) in [5.41, 5.74) is 1.82. The van der Waals surface area contributed by atoms with Crippen molar-refractivity contribution >= 4 is 32.8 Å². The topological polar surface area (TPSA) is 42.2 Å². The van der Waals surface area contributed by atoms with E-state index in [4.69, 9.17) is 5.11 Å². The number of halogens is 1. The van der Waals surface area contributed by atoms with E-state index >= 15 is 0 Å². The van der Waals surface area contributed by atoms with E-state index in [-0.39, 0.29) is 11.8 Å². The number of hydrogen-bond acceptors (Lipinski definition) is 1. The van der Waals surface area contributed by atoms with Crippen molar-refractivity contribution in [2.24, 2.45) is 7.05 Å². The number of carboxylic acids is 1. The number of aliphatic carboxylic acids is 1. The lowest BCUT2D eigenvalue weighted by molar-refractivity contribution is -0.138. The second-order valence-corrected chi connectivity index (χ2v) is 6.13. The van der Waals surface area contributed by atoms with Crippen LogP contribution in [-0.4, -0.2) is 15.6 Å². The third-order valence-corrected chi connectivity index (χ3v) is 3.95. The maximum Gasteiger partial charge on any atom is 0.304 e. The molecule has 0 aliphatic heterocycles. The minimum absolute atomic E-state index is 0.128. The van der Waals surface area contributed by atoms with Gasteiger partial charge in [0.2, 0.25) is 0 Å². The molecule has 2 rings (SSSR count). The van der Waals surface area contributed by atoms with Crippen molar-refractivity contribution in [3.8, 4) is 0 Å². The van der Waals surface area contributed by atoms with Crippen LogP contribution in [0.3, 0.4) is 0 Å². The summed E-state index contributed by atoms with van der Waals surface area (Å²) >= 11 is 3.53. The molecule has 0 fully saturated rings. The van der Waals surface area contributed by atoms with Gasteiger partial charge in [-0.3, -0.25) is 4.79 Å². The van der Waals surface area contributed by atoms with Gasteiger partial charge >= 0.3 is 5.97 Å². The fourth-order valence-corrected chi connectivity index (χ4v) is 2.87. The third-order valence-electron chi connectivity index (χ3n) is 3.32. The molecule has 2 aromatic rings. The Morgan fingerprint density at radius 1 is 1.44 bits per heavy atom. The average molecular weight is 310 g/mol. The number of carboxylic acid groups (broad SMARTS) is 1. The zero-order chi connectivity index (χ0) is 13.5. The van der Waals surface area contributed by atoms with Gasteiger partial charge in [0.25, 0.3) is 0 Å². The molecule has 0 amide bonds. The van der Waals surface area contributed by atoms with Crippen LogP contribution in [0, 0.1) is 0 Å². The lowest BCUT2D eigenvalue weighted by Crippen LogP contribution is -2.21. The summed E-state index contributed by atoms with van der Waals surface area (Å²) in [6.45, 7) is 3.91. The van der Waals surface area contributed by atoms with Crippen LogP contribution in [0.15, 0.2) is 28.9 Å². The molecule has 1 heterocycles. The smallest absolute Gasteiger partial charge is 0.304 e. The Morgan fingerprint density at radius 2 is 2.11 bits per heavy atom. The number of carbonyl (C=O) groups is 1. The fraction of sp³-hybridized carbons (Fsp3) is 0.357. The number of benzene rings is 1.